The number of pyridine rings is 1. The van der Waals surface area contributed by atoms with Crippen LogP contribution in [0, 0.1) is 0 Å². The monoisotopic (exact) mass is 457 g/mol. The Kier molecular flexibility index (Phi) is 6.48. The number of hydrogen-bond donors (Lipinski definition) is 1. The molecule has 1 aromatic carbocycles. The van der Waals surface area contributed by atoms with Gasteiger partial charge in [0, 0.05) is 31.8 Å². The lowest BCUT2D eigenvalue weighted by Crippen LogP contribution is -2.33. The highest BCUT2D eigenvalue weighted by molar-refractivity contribution is 5.94. The molecule has 0 saturated heterocycles. The van der Waals surface area contributed by atoms with Crippen molar-refractivity contribution < 1.29 is 27.5 Å². The van der Waals surface area contributed by atoms with E-state index in [2.05, 4.69) is 15.0 Å². The number of nitrogens with zero attached hydrogens (tertiary/aromatic N) is 2. The highest BCUT2D eigenvalue weighted by Gasteiger charge is 2.31. The average Bonchev–Trinajstić information content (AvgIpc) is 2.78. The second-order valence-electron chi connectivity index (χ2n) is 7.92. The maximum atomic E-state index is 12.5. The van der Waals surface area contributed by atoms with E-state index >= 15 is 0 Å². The summed E-state index contributed by atoms with van der Waals surface area (Å²) in [6.45, 7) is 1.04. The highest BCUT2D eigenvalue weighted by Crippen LogP contribution is 2.25. The fourth-order valence-electron chi connectivity index (χ4n) is 3.78. The first-order valence-electron chi connectivity index (χ1n) is 10.5. The summed E-state index contributed by atoms with van der Waals surface area (Å²) >= 11 is 0. The molecule has 0 unspecified atom stereocenters. The maximum absolute atomic E-state index is 12.5. The van der Waals surface area contributed by atoms with Gasteiger partial charge >= 0.3 is 6.36 Å². The van der Waals surface area contributed by atoms with E-state index in [9.17, 15) is 22.8 Å². The van der Waals surface area contributed by atoms with Gasteiger partial charge < -0.3 is 15.0 Å². The van der Waals surface area contributed by atoms with Crippen LogP contribution >= 0.6 is 0 Å². The zero-order valence-corrected chi connectivity index (χ0v) is 17.7. The van der Waals surface area contributed by atoms with Crippen molar-refractivity contribution in [3.63, 3.8) is 0 Å². The van der Waals surface area contributed by atoms with Crippen LogP contribution in [0.25, 0.3) is 6.08 Å². The fourth-order valence-corrected chi connectivity index (χ4v) is 3.78. The summed E-state index contributed by atoms with van der Waals surface area (Å²) in [5, 5.41) is 2.73. The predicted molar refractivity (Wildman–Crippen MR) is 116 cm³/mol. The van der Waals surface area contributed by atoms with Crippen LogP contribution < -0.4 is 10.1 Å². The number of carbonyl (C=O) groups excluding carboxylic acids is 2. The third-order valence-electron chi connectivity index (χ3n) is 5.49. The second-order valence-corrected chi connectivity index (χ2v) is 7.92. The number of amides is 2. The Morgan fingerprint density at radius 3 is 2.67 bits per heavy atom. The Labute approximate surface area is 188 Å². The molecule has 172 valence electrons. The summed E-state index contributed by atoms with van der Waals surface area (Å²) in [7, 11) is 0. The van der Waals surface area contributed by atoms with E-state index < -0.39 is 6.36 Å². The molecule has 2 aliphatic rings. The van der Waals surface area contributed by atoms with Crippen molar-refractivity contribution in [3.05, 3.63) is 70.9 Å². The lowest BCUT2D eigenvalue weighted by Gasteiger charge is -2.25. The van der Waals surface area contributed by atoms with Crippen molar-refractivity contribution in [3.8, 4) is 5.75 Å². The topological polar surface area (TPSA) is 71.5 Å². The number of ether oxygens (including phenoxy) is 1. The average molecular weight is 457 g/mol. The van der Waals surface area contributed by atoms with Crippen LogP contribution in [0.1, 0.15) is 29.5 Å². The van der Waals surface area contributed by atoms with Gasteiger partial charge in [-0.1, -0.05) is 23.8 Å². The highest BCUT2D eigenvalue weighted by atomic mass is 19.4. The van der Waals surface area contributed by atoms with Crippen molar-refractivity contribution in [2.75, 3.05) is 18.4 Å². The molecule has 6 nitrogen and oxygen atoms in total. The van der Waals surface area contributed by atoms with E-state index in [-0.39, 0.29) is 17.6 Å². The molecule has 2 amide bonds. The molecule has 3 heterocycles. The van der Waals surface area contributed by atoms with Gasteiger partial charge in [0.05, 0.1) is 0 Å². The largest absolute Gasteiger partial charge is 0.573 e. The van der Waals surface area contributed by atoms with Crippen LogP contribution in [-0.4, -0.2) is 41.2 Å². The summed E-state index contributed by atoms with van der Waals surface area (Å²) < 4.78 is 40.7. The fraction of sp³-hybridized carbons (Fsp3) is 0.292. The Morgan fingerprint density at radius 2 is 1.97 bits per heavy atom. The quantitative estimate of drug-likeness (QED) is 0.538. The molecular formula is C24H22F3N3O3. The minimum atomic E-state index is -4.70. The molecule has 4 rings (SSSR count). The number of aryl methyl sites for hydroxylation is 1. The van der Waals surface area contributed by atoms with Gasteiger partial charge in [-0.25, -0.2) is 4.98 Å². The molecule has 1 aromatic heterocycles. The predicted octanol–water partition coefficient (Wildman–Crippen LogP) is 4.28. The molecule has 33 heavy (non-hydrogen) atoms. The SMILES string of the molecule is O=C1CCc2cc(C=CC(=O)N3CC=C(Cc4ccc(OC(F)(F)F)cc4)CC3)cnc2N1. The van der Waals surface area contributed by atoms with Crippen molar-refractivity contribution in [2.45, 2.75) is 32.0 Å². The molecule has 2 aliphatic heterocycles. The molecule has 1 N–H and O–H groups in total. The van der Waals surface area contributed by atoms with E-state index in [0.717, 1.165) is 22.3 Å². The Balaban J connectivity index is 1.30. The molecule has 0 saturated carbocycles. The van der Waals surface area contributed by atoms with Gasteiger partial charge in [-0.15, -0.1) is 13.2 Å². The smallest absolute Gasteiger partial charge is 0.406 e. The lowest BCUT2D eigenvalue weighted by atomic mass is 9.99. The summed E-state index contributed by atoms with van der Waals surface area (Å²) in [5.41, 5.74) is 3.76. The van der Waals surface area contributed by atoms with E-state index in [1.54, 1.807) is 29.3 Å². The van der Waals surface area contributed by atoms with E-state index in [1.165, 1.54) is 18.2 Å². The van der Waals surface area contributed by atoms with Gasteiger partial charge in [-0.2, -0.15) is 0 Å². The maximum Gasteiger partial charge on any atom is 0.573 e. The van der Waals surface area contributed by atoms with Gasteiger partial charge in [0.25, 0.3) is 0 Å². The third kappa shape index (κ3) is 6.21. The van der Waals surface area contributed by atoms with Crippen LogP contribution in [0.2, 0.25) is 0 Å². The molecule has 0 bridgehead atoms. The summed E-state index contributed by atoms with van der Waals surface area (Å²) in [6.07, 6.45) is 4.50. The minimum absolute atomic E-state index is 0.0431. The van der Waals surface area contributed by atoms with Crippen molar-refractivity contribution >= 4 is 23.7 Å². The molecule has 0 atom stereocenters. The number of rotatable bonds is 5. The lowest BCUT2D eigenvalue weighted by molar-refractivity contribution is -0.274. The van der Waals surface area contributed by atoms with Crippen molar-refractivity contribution in [2.24, 2.45) is 0 Å². The van der Waals surface area contributed by atoms with Gasteiger partial charge in [0.15, 0.2) is 0 Å². The number of alkyl halides is 3. The Bertz CT molecular complexity index is 1110. The van der Waals surface area contributed by atoms with E-state index in [1.807, 2.05) is 12.1 Å². The van der Waals surface area contributed by atoms with Crippen LogP contribution in [0.15, 0.2) is 54.3 Å². The molecule has 9 heteroatoms. The van der Waals surface area contributed by atoms with Crippen LogP contribution in [-0.2, 0) is 22.4 Å². The molecule has 0 fully saturated rings. The zero-order valence-electron chi connectivity index (χ0n) is 17.7. The summed E-state index contributed by atoms with van der Waals surface area (Å²) in [4.78, 5) is 29.9. The molecular weight excluding hydrogens is 435 g/mol. The number of benzene rings is 1. The number of carbonyl (C=O) groups is 2. The van der Waals surface area contributed by atoms with Crippen LogP contribution in [0.4, 0.5) is 19.0 Å². The molecule has 2 aromatic rings. The normalized spacial score (nSPS) is 16.3. The van der Waals surface area contributed by atoms with Crippen molar-refractivity contribution in [1.82, 2.24) is 9.88 Å². The van der Waals surface area contributed by atoms with Gasteiger partial charge in [0.2, 0.25) is 11.8 Å². The summed E-state index contributed by atoms with van der Waals surface area (Å²) in [5.74, 6) is 0.181. The number of nitrogens with one attached hydrogen (secondary N) is 1. The van der Waals surface area contributed by atoms with Gasteiger partial charge in [-0.05, 0) is 60.2 Å². The van der Waals surface area contributed by atoms with E-state index in [4.69, 9.17) is 0 Å². The number of hydrogen-bond acceptors (Lipinski definition) is 4. The summed E-state index contributed by atoms with van der Waals surface area (Å²) in [6, 6.07) is 7.75. The van der Waals surface area contributed by atoms with Gasteiger partial charge in [-0.3, -0.25) is 9.59 Å². The number of fused-ring (bicyclic) bond motifs is 1. The molecule has 0 spiro atoms. The van der Waals surface area contributed by atoms with Crippen LogP contribution in [0.5, 0.6) is 5.75 Å². The molecule has 0 aliphatic carbocycles. The first-order valence-corrected chi connectivity index (χ1v) is 10.5. The number of aromatic nitrogens is 1. The molecule has 0 radical (unpaired) electrons. The van der Waals surface area contributed by atoms with Gasteiger partial charge in [0.1, 0.15) is 11.6 Å². The van der Waals surface area contributed by atoms with Crippen LogP contribution in [0.3, 0.4) is 0 Å². The standard InChI is InChI=1S/C24H22F3N3O3/c25-24(26,27)33-20-5-1-16(2-6-20)13-17-9-11-30(12-10-17)22(32)8-3-18-14-19-4-7-21(31)29-23(19)28-15-18/h1-3,5-6,8-9,14-15H,4,7,10-13H2,(H,28,29,31). The number of halogens is 3. The third-order valence-corrected chi connectivity index (χ3v) is 5.49. The zero-order chi connectivity index (χ0) is 23.4. The Hall–Kier alpha value is -3.62. The minimum Gasteiger partial charge on any atom is -0.406 e. The number of anilines is 1. The first-order chi connectivity index (χ1) is 15.7. The van der Waals surface area contributed by atoms with E-state index in [0.29, 0.717) is 44.6 Å². The second kappa shape index (κ2) is 9.48. The van der Waals surface area contributed by atoms with Crippen molar-refractivity contribution in [1.29, 1.82) is 0 Å². The first kappa shape index (κ1) is 22.6. The Morgan fingerprint density at radius 1 is 1.18 bits per heavy atom.